The van der Waals surface area contributed by atoms with Crippen molar-refractivity contribution in [2.45, 2.75) is 38.3 Å². The van der Waals surface area contributed by atoms with Crippen molar-refractivity contribution < 1.29 is 9.59 Å². The molecule has 5 nitrogen and oxygen atoms in total. The van der Waals surface area contributed by atoms with Gasteiger partial charge in [-0.05, 0) is 26.3 Å². The average Bonchev–Trinajstić information content (AvgIpc) is 2.53. The number of hydrogen-bond acceptors (Lipinski definition) is 3. The smallest absolute Gasteiger partial charge is 0.237 e. The SMILES string of the molecule is CC(CC(N)=O)NC(=O)[C@@H]1CCCN1. The molecule has 0 radical (unpaired) electrons. The first kappa shape index (κ1) is 11.0. The van der Waals surface area contributed by atoms with Crippen molar-refractivity contribution in [2.24, 2.45) is 5.73 Å². The highest BCUT2D eigenvalue weighted by molar-refractivity contribution is 5.83. The van der Waals surface area contributed by atoms with Crippen LogP contribution >= 0.6 is 0 Å². The molecule has 0 aromatic rings. The second-order valence-corrected chi connectivity index (χ2v) is 3.73. The van der Waals surface area contributed by atoms with Gasteiger partial charge in [0.25, 0.3) is 0 Å². The van der Waals surface area contributed by atoms with E-state index in [1.807, 2.05) is 0 Å². The Labute approximate surface area is 83.4 Å². The van der Waals surface area contributed by atoms with E-state index in [9.17, 15) is 9.59 Å². The molecule has 0 aromatic heterocycles. The second-order valence-electron chi connectivity index (χ2n) is 3.73. The van der Waals surface area contributed by atoms with Crippen molar-refractivity contribution >= 4 is 11.8 Å². The number of carbonyl (C=O) groups is 2. The zero-order valence-corrected chi connectivity index (χ0v) is 8.38. The number of nitrogens with one attached hydrogen (secondary N) is 2. The molecule has 2 amide bonds. The molecule has 0 bridgehead atoms. The normalized spacial score (nSPS) is 23.1. The van der Waals surface area contributed by atoms with E-state index in [1.54, 1.807) is 6.92 Å². The number of hydrogen-bond donors (Lipinski definition) is 3. The van der Waals surface area contributed by atoms with E-state index in [0.717, 1.165) is 19.4 Å². The lowest BCUT2D eigenvalue weighted by atomic mass is 10.2. The van der Waals surface area contributed by atoms with Gasteiger partial charge in [-0.1, -0.05) is 0 Å². The van der Waals surface area contributed by atoms with E-state index in [2.05, 4.69) is 10.6 Å². The third kappa shape index (κ3) is 3.33. The van der Waals surface area contributed by atoms with Gasteiger partial charge in [-0.3, -0.25) is 9.59 Å². The Morgan fingerprint density at radius 2 is 2.36 bits per heavy atom. The second kappa shape index (κ2) is 4.95. The van der Waals surface area contributed by atoms with E-state index in [4.69, 9.17) is 5.73 Å². The van der Waals surface area contributed by atoms with Crippen molar-refractivity contribution in [1.29, 1.82) is 0 Å². The lowest BCUT2D eigenvalue weighted by Crippen LogP contribution is -2.45. The molecule has 5 heteroatoms. The Morgan fingerprint density at radius 3 is 2.86 bits per heavy atom. The lowest BCUT2D eigenvalue weighted by Gasteiger charge is -2.15. The van der Waals surface area contributed by atoms with E-state index in [0.29, 0.717) is 0 Å². The van der Waals surface area contributed by atoms with E-state index in [1.165, 1.54) is 0 Å². The monoisotopic (exact) mass is 199 g/mol. The highest BCUT2D eigenvalue weighted by Gasteiger charge is 2.23. The summed E-state index contributed by atoms with van der Waals surface area (Å²) in [6.07, 6.45) is 2.09. The third-order valence-electron chi connectivity index (χ3n) is 2.27. The molecule has 1 fully saturated rings. The molecule has 0 aliphatic carbocycles. The summed E-state index contributed by atoms with van der Waals surface area (Å²) in [5.41, 5.74) is 5.02. The topological polar surface area (TPSA) is 84.2 Å². The predicted molar refractivity (Wildman–Crippen MR) is 52.4 cm³/mol. The van der Waals surface area contributed by atoms with Gasteiger partial charge in [-0.2, -0.15) is 0 Å². The van der Waals surface area contributed by atoms with Crippen LogP contribution in [0.5, 0.6) is 0 Å². The summed E-state index contributed by atoms with van der Waals surface area (Å²) in [7, 11) is 0. The molecule has 14 heavy (non-hydrogen) atoms. The van der Waals surface area contributed by atoms with Gasteiger partial charge < -0.3 is 16.4 Å². The highest BCUT2D eigenvalue weighted by atomic mass is 16.2. The van der Waals surface area contributed by atoms with E-state index in [-0.39, 0.29) is 24.4 Å². The van der Waals surface area contributed by atoms with Gasteiger partial charge in [-0.25, -0.2) is 0 Å². The number of primary amides is 1. The molecule has 1 aliphatic heterocycles. The number of rotatable bonds is 4. The minimum atomic E-state index is -0.391. The fourth-order valence-electron chi connectivity index (χ4n) is 1.60. The molecule has 0 saturated carbocycles. The first-order chi connectivity index (χ1) is 6.59. The van der Waals surface area contributed by atoms with Gasteiger partial charge in [0.05, 0.1) is 6.04 Å². The van der Waals surface area contributed by atoms with Gasteiger partial charge in [0.2, 0.25) is 11.8 Å². The number of nitrogens with two attached hydrogens (primary N) is 1. The van der Waals surface area contributed by atoms with Crippen LogP contribution in [-0.4, -0.2) is 30.4 Å². The number of carbonyl (C=O) groups excluding carboxylic acids is 2. The van der Waals surface area contributed by atoms with E-state index < -0.39 is 5.91 Å². The lowest BCUT2D eigenvalue weighted by molar-refractivity contribution is -0.123. The van der Waals surface area contributed by atoms with Gasteiger partial charge in [-0.15, -0.1) is 0 Å². The minimum absolute atomic E-state index is 0.0312. The summed E-state index contributed by atoms with van der Waals surface area (Å²) < 4.78 is 0. The van der Waals surface area contributed by atoms with Crippen LogP contribution in [0.25, 0.3) is 0 Å². The molecule has 1 rings (SSSR count). The van der Waals surface area contributed by atoms with Crippen LogP contribution in [-0.2, 0) is 9.59 Å². The predicted octanol–water partition coefficient (Wildman–Crippen LogP) is -0.881. The van der Waals surface area contributed by atoms with Crippen molar-refractivity contribution in [3.05, 3.63) is 0 Å². The largest absolute Gasteiger partial charge is 0.370 e. The zero-order valence-electron chi connectivity index (χ0n) is 8.38. The summed E-state index contributed by atoms with van der Waals surface area (Å²) in [6, 6.07) is -0.271. The van der Waals surface area contributed by atoms with Gasteiger partial charge >= 0.3 is 0 Å². The minimum Gasteiger partial charge on any atom is -0.370 e. The van der Waals surface area contributed by atoms with Crippen LogP contribution in [0.2, 0.25) is 0 Å². The summed E-state index contributed by atoms with van der Waals surface area (Å²) in [4.78, 5) is 22.1. The standard InChI is InChI=1S/C9H17N3O2/c1-6(5-8(10)13)12-9(14)7-3-2-4-11-7/h6-7,11H,2-5H2,1H3,(H2,10,13)(H,12,14)/t6?,7-/m0/s1. The van der Waals surface area contributed by atoms with Gasteiger partial charge in [0.1, 0.15) is 0 Å². The Hall–Kier alpha value is -1.10. The maximum atomic E-state index is 11.5. The fourth-order valence-corrected chi connectivity index (χ4v) is 1.60. The Kier molecular flexibility index (Phi) is 3.88. The summed E-state index contributed by atoms with van der Waals surface area (Å²) in [6.45, 7) is 2.67. The zero-order chi connectivity index (χ0) is 10.6. The van der Waals surface area contributed by atoms with Crippen molar-refractivity contribution in [2.75, 3.05) is 6.54 Å². The molecular weight excluding hydrogens is 182 g/mol. The first-order valence-electron chi connectivity index (χ1n) is 4.91. The van der Waals surface area contributed by atoms with Gasteiger partial charge in [0, 0.05) is 12.5 Å². The van der Waals surface area contributed by atoms with Crippen LogP contribution in [0.4, 0.5) is 0 Å². The molecule has 2 atom stereocenters. The molecule has 0 spiro atoms. The van der Waals surface area contributed by atoms with E-state index >= 15 is 0 Å². The van der Waals surface area contributed by atoms with Crippen LogP contribution in [0.15, 0.2) is 0 Å². The molecule has 1 saturated heterocycles. The third-order valence-corrected chi connectivity index (χ3v) is 2.27. The van der Waals surface area contributed by atoms with Crippen LogP contribution in [0.3, 0.4) is 0 Å². The molecule has 1 heterocycles. The average molecular weight is 199 g/mol. The van der Waals surface area contributed by atoms with Crippen LogP contribution in [0.1, 0.15) is 26.2 Å². The first-order valence-corrected chi connectivity index (χ1v) is 4.91. The highest BCUT2D eigenvalue weighted by Crippen LogP contribution is 2.05. The maximum Gasteiger partial charge on any atom is 0.237 e. The maximum absolute atomic E-state index is 11.5. The quantitative estimate of drug-likeness (QED) is 0.549. The summed E-state index contributed by atoms with van der Waals surface area (Å²) in [5.74, 6) is -0.423. The molecule has 1 unspecified atom stereocenters. The Bertz CT molecular complexity index is 224. The molecular formula is C9H17N3O2. The molecule has 1 aliphatic rings. The van der Waals surface area contributed by atoms with Crippen molar-refractivity contribution in [1.82, 2.24) is 10.6 Å². The summed E-state index contributed by atoms with van der Waals surface area (Å²) in [5, 5.41) is 5.84. The molecule has 0 aromatic carbocycles. The molecule has 80 valence electrons. The summed E-state index contributed by atoms with van der Waals surface area (Å²) >= 11 is 0. The van der Waals surface area contributed by atoms with Crippen molar-refractivity contribution in [3.8, 4) is 0 Å². The van der Waals surface area contributed by atoms with Crippen LogP contribution < -0.4 is 16.4 Å². The van der Waals surface area contributed by atoms with Crippen molar-refractivity contribution in [3.63, 3.8) is 0 Å². The Morgan fingerprint density at radius 1 is 1.64 bits per heavy atom. The fraction of sp³-hybridized carbons (Fsp3) is 0.778. The Balaban J connectivity index is 2.28. The number of amides is 2. The van der Waals surface area contributed by atoms with Crippen LogP contribution in [0, 0.1) is 0 Å². The van der Waals surface area contributed by atoms with Gasteiger partial charge in [0.15, 0.2) is 0 Å². The molecule has 4 N–H and O–H groups in total.